The number of alkyl halides is 1. The van der Waals surface area contributed by atoms with E-state index in [0.29, 0.717) is 18.6 Å². The lowest BCUT2D eigenvalue weighted by Crippen LogP contribution is -2.13. The second-order valence-corrected chi connectivity index (χ2v) is 6.88. The second kappa shape index (κ2) is 17.6. The highest BCUT2D eigenvalue weighted by atomic mass is 19.1. The van der Waals surface area contributed by atoms with E-state index in [1.54, 1.807) is 0 Å². The summed E-state index contributed by atoms with van der Waals surface area (Å²) in [5.74, 6) is -1.12. The van der Waals surface area contributed by atoms with Gasteiger partial charge in [-0.25, -0.2) is 0 Å². The third-order valence-corrected chi connectivity index (χ3v) is 4.53. The summed E-state index contributed by atoms with van der Waals surface area (Å²) >= 11 is 0. The molecule has 1 N–H and O–H groups in total. The number of Topliss-reactive ketones (excluding diaryl/α,β-unsaturated/α-hetero) is 1. The minimum Gasteiger partial charge on any atom is -0.481 e. The van der Waals surface area contributed by atoms with Crippen LogP contribution < -0.4 is 0 Å². The highest BCUT2D eigenvalue weighted by Crippen LogP contribution is 2.12. The Morgan fingerprint density at radius 2 is 1.52 bits per heavy atom. The van der Waals surface area contributed by atoms with Crippen molar-refractivity contribution >= 4 is 11.8 Å². The number of unbranched alkanes of at least 4 members (excludes halogenated alkanes) is 8. The molecule has 0 aromatic heterocycles. The van der Waals surface area contributed by atoms with Gasteiger partial charge in [0.25, 0.3) is 0 Å². The van der Waals surface area contributed by atoms with E-state index in [4.69, 9.17) is 5.11 Å². The number of carbonyl (C=O) groups excluding carboxylic acids is 1. The van der Waals surface area contributed by atoms with Crippen molar-refractivity contribution in [2.45, 2.75) is 96.8 Å². The first-order valence-corrected chi connectivity index (χ1v) is 10.1. The third kappa shape index (κ3) is 16.0. The van der Waals surface area contributed by atoms with Crippen LogP contribution in [0.15, 0.2) is 12.2 Å². The highest BCUT2D eigenvalue weighted by molar-refractivity contribution is 5.78. The Balaban J connectivity index is 3.47. The van der Waals surface area contributed by atoms with Crippen molar-refractivity contribution in [1.29, 1.82) is 0 Å². The van der Waals surface area contributed by atoms with Crippen LogP contribution >= 0.6 is 0 Å². The predicted molar refractivity (Wildman–Crippen MR) is 102 cm³/mol. The molecule has 1 atom stereocenters. The van der Waals surface area contributed by atoms with Crippen LogP contribution in [0.25, 0.3) is 0 Å². The van der Waals surface area contributed by atoms with Gasteiger partial charge in [-0.05, 0) is 38.5 Å². The molecule has 0 aliphatic heterocycles. The number of halogens is 1. The van der Waals surface area contributed by atoms with Gasteiger partial charge in [0.1, 0.15) is 5.78 Å². The first-order valence-electron chi connectivity index (χ1n) is 10.1. The summed E-state index contributed by atoms with van der Waals surface area (Å²) in [6.07, 6.45) is 16.9. The molecule has 0 fully saturated rings. The molecule has 25 heavy (non-hydrogen) atoms. The molecule has 0 aromatic rings. The van der Waals surface area contributed by atoms with E-state index in [2.05, 4.69) is 6.92 Å². The number of rotatable bonds is 18. The molecule has 0 aromatic carbocycles. The van der Waals surface area contributed by atoms with Crippen LogP contribution in [0.5, 0.6) is 0 Å². The molecule has 0 aliphatic rings. The smallest absolute Gasteiger partial charge is 0.306 e. The van der Waals surface area contributed by atoms with E-state index in [1.165, 1.54) is 25.7 Å². The molecule has 0 heterocycles. The molecule has 0 saturated heterocycles. The van der Waals surface area contributed by atoms with E-state index < -0.39 is 18.6 Å². The average Bonchev–Trinajstić information content (AvgIpc) is 2.58. The maximum absolute atomic E-state index is 12.2. The van der Waals surface area contributed by atoms with Gasteiger partial charge in [0.2, 0.25) is 0 Å². The van der Waals surface area contributed by atoms with Crippen molar-refractivity contribution in [2.75, 3.05) is 6.67 Å². The SMILES string of the molecule is CCCCCCCC(=O)CCCCCC/C=C/C[C@@H](CCF)C(=O)O. The summed E-state index contributed by atoms with van der Waals surface area (Å²) < 4.78 is 12.2. The zero-order chi connectivity index (χ0) is 18.8. The van der Waals surface area contributed by atoms with Crippen LogP contribution in [-0.4, -0.2) is 23.5 Å². The van der Waals surface area contributed by atoms with Crippen molar-refractivity contribution in [3.8, 4) is 0 Å². The van der Waals surface area contributed by atoms with Crippen LogP contribution in [-0.2, 0) is 9.59 Å². The Hall–Kier alpha value is -1.19. The molecular formula is C21H37FO3. The maximum atomic E-state index is 12.2. The number of ketones is 1. The molecule has 0 bridgehead atoms. The summed E-state index contributed by atoms with van der Waals surface area (Å²) in [5.41, 5.74) is 0. The van der Waals surface area contributed by atoms with E-state index in [9.17, 15) is 14.0 Å². The number of hydrogen-bond donors (Lipinski definition) is 1. The van der Waals surface area contributed by atoms with Crippen molar-refractivity contribution < 1.29 is 19.1 Å². The lowest BCUT2D eigenvalue weighted by atomic mass is 10.0. The monoisotopic (exact) mass is 356 g/mol. The number of aliphatic carboxylic acids is 1. The average molecular weight is 357 g/mol. The molecule has 0 saturated carbocycles. The molecular weight excluding hydrogens is 319 g/mol. The summed E-state index contributed by atoms with van der Waals surface area (Å²) in [5, 5.41) is 8.91. The van der Waals surface area contributed by atoms with Gasteiger partial charge in [0.05, 0.1) is 12.6 Å². The van der Waals surface area contributed by atoms with Gasteiger partial charge in [-0.3, -0.25) is 14.0 Å². The van der Waals surface area contributed by atoms with Gasteiger partial charge in [-0.1, -0.05) is 57.6 Å². The summed E-state index contributed by atoms with van der Waals surface area (Å²) in [4.78, 5) is 22.6. The molecule has 0 spiro atoms. The molecule has 0 aliphatic carbocycles. The fourth-order valence-corrected chi connectivity index (χ4v) is 2.84. The van der Waals surface area contributed by atoms with Crippen LogP contribution in [0.2, 0.25) is 0 Å². The zero-order valence-electron chi connectivity index (χ0n) is 16.0. The molecule has 4 heteroatoms. The minimum absolute atomic E-state index is 0.0896. The second-order valence-electron chi connectivity index (χ2n) is 6.88. The van der Waals surface area contributed by atoms with Crippen LogP contribution in [0.1, 0.15) is 96.8 Å². The quantitative estimate of drug-likeness (QED) is 0.233. The maximum Gasteiger partial charge on any atom is 0.306 e. The molecule has 0 rings (SSSR count). The van der Waals surface area contributed by atoms with E-state index >= 15 is 0 Å². The molecule has 146 valence electrons. The Morgan fingerprint density at radius 3 is 2.08 bits per heavy atom. The standard InChI is InChI=1S/C21H37FO3/c1-2-3-4-8-12-15-20(23)16-13-10-7-5-6-9-11-14-19(17-18-22)21(24)25/h9,11,19H,2-8,10,12-18H2,1H3,(H,24,25)/b11-9+/t19-/m0/s1. The van der Waals surface area contributed by atoms with E-state index in [1.807, 2.05) is 12.2 Å². The first-order chi connectivity index (χ1) is 12.1. The molecule has 0 radical (unpaired) electrons. The van der Waals surface area contributed by atoms with Crippen molar-refractivity contribution in [1.82, 2.24) is 0 Å². The van der Waals surface area contributed by atoms with Crippen LogP contribution in [0.3, 0.4) is 0 Å². The number of allylic oxidation sites excluding steroid dienone is 2. The van der Waals surface area contributed by atoms with Gasteiger partial charge in [0.15, 0.2) is 0 Å². The number of carboxylic acids is 1. The molecule has 0 amide bonds. The fraction of sp³-hybridized carbons (Fsp3) is 0.810. The van der Waals surface area contributed by atoms with Crippen molar-refractivity contribution in [2.24, 2.45) is 5.92 Å². The van der Waals surface area contributed by atoms with Crippen LogP contribution in [0.4, 0.5) is 4.39 Å². The third-order valence-electron chi connectivity index (χ3n) is 4.53. The summed E-state index contributed by atoms with van der Waals surface area (Å²) in [6, 6.07) is 0. The lowest BCUT2D eigenvalue weighted by Gasteiger charge is -2.06. The van der Waals surface area contributed by atoms with E-state index in [0.717, 1.165) is 44.9 Å². The fourth-order valence-electron chi connectivity index (χ4n) is 2.84. The van der Waals surface area contributed by atoms with Gasteiger partial charge < -0.3 is 5.11 Å². The topological polar surface area (TPSA) is 54.4 Å². The number of hydrogen-bond acceptors (Lipinski definition) is 2. The van der Waals surface area contributed by atoms with Crippen molar-refractivity contribution in [3.63, 3.8) is 0 Å². The summed E-state index contributed by atoms with van der Waals surface area (Å²) in [6.45, 7) is 1.61. The zero-order valence-corrected chi connectivity index (χ0v) is 16.0. The molecule has 3 nitrogen and oxygen atoms in total. The van der Waals surface area contributed by atoms with Crippen LogP contribution in [0, 0.1) is 5.92 Å². The Bertz CT molecular complexity index is 366. The largest absolute Gasteiger partial charge is 0.481 e. The normalized spacial score (nSPS) is 12.6. The highest BCUT2D eigenvalue weighted by Gasteiger charge is 2.14. The van der Waals surface area contributed by atoms with Gasteiger partial charge in [-0.2, -0.15) is 0 Å². The molecule has 0 unspecified atom stereocenters. The van der Waals surface area contributed by atoms with Gasteiger partial charge in [-0.15, -0.1) is 0 Å². The number of carbonyl (C=O) groups is 2. The Labute approximate surface area is 153 Å². The Morgan fingerprint density at radius 1 is 0.920 bits per heavy atom. The summed E-state index contributed by atoms with van der Waals surface area (Å²) in [7, 11) is 0. The van der Waals surface area contributed by atoms with Gasteiger partial charge >= 0.3 is 5.97 Å². The van der Waals surface area contributed by atoms with E-state index in [-0.39, 0.29) is 6.42 Å². The van der Waals surface area contributed by atoms with Crippen molar-refractivity contribution in [3.05, 3.63) is 12.2 Å². The first kappa shape index (κ1) is 23.8. The minimum atomic E-state index is -0.919. The van der Waals surface area contributed by atoms with Gasteiger partial charge in [0, 0.05) is 12.8 Å². The Kier molecular flexibility index (Phi) is 16.8. The predicted octanol–water partition coefficient (Wildman–Crippen LogP) is 6.26. The number of carboxylic acid groups (broad SMARTS) is 1. The lowest BCUT2D eigenvalue weighted by molar-refractivity contribution is -0.142.